The van der Waals surface area contributed by atoms with Crippen LogP contribution in [0.5, 0.6) is 0 Å². The Kier molecular flexibility index (Phi) is 4.87. The standard InChI is InChI=1S/C18H16FN3O2S/c1-12-3-7-14(8-4-12)20-18(23)16-11-17(25(2)24)22(21-16)15-9-5-13(19)6-10-15/h3-11H,1-2H3,(H,20,23). The Morgan fingerprint density at radius 1 is 1.16 bits per heavy atom. The van der Waals surface area contributed by atoms with Gasteiger partial charge in [0.05, 0.1) is 5.69 Å². The number of rotatable bonds is 4. The molecule has 1 unspecified atom stereocenters. The number of aryl methyl sites for hydroxylation is 1. The van der Waals surface area contributed by atoms with Gasteiger partial charge in [-0.05, 0) is 43.3 Å². The van der Waals surface area contributed by atoms with E-state index >= 15 is 0 Å². The van der Waals surface area contributed by atoms with E-state index in [0.29, 0.717) is 16.4 Å². The second kappa shape index (κ2) is 7.08. The zero-order chi connectivity index (χ0) is 18.0. The number of aromatic nitrogens is 2. The molecule has 3 rings (SSSR count). The van der Waals surface area contributed by atoms with Gasteiger partial charge < -0.3 is 9.87 Å². The molecule has 1 aromatic heterocycles. The van der Waals surface area contributed by atoms with Crippen molar-refractivity contribution in [2.75, 3.05) is 11.6 Å². The molecule has 0 aliphatic heterocycles. The minimum atomic E-state index is -1.36. The van der Waals surface area contributed by atoms with Crippen LogP contribution in [0.3, 0.4) is 0 Å². The highest BCUT2D eigenvalue weighted by atomic mass is 32.2. The van der Waals surface area contributed by atoms with Crippen LogP contribution in [0, 0.1) is 12.7 Å². The fourth-order valence-electron chi connectivity index (χ4n) is 2.28. The molecule has 2 aromatic carbocycles. The topological polar surface area (TPSA) is 70.0 Å². The van der Waals surface area contributed by atoms with Crippen molar-refractivity contribution < 1.29 is 13.7 Å². The van der Waals surface area contributed by atoms with Crippen LogP contribution < -0.4 is 5.32 Å². The van der Waals surface area contributed by atoms with E-state index < -0.39 is 17.1 Å². The van der Waals surface area contributed by atoms with Crippen LogP contribution in [0.25, 0.3) is 5.69 Å². The molecule has 1 atom stereocenters. The highest BCUT2D eigenvalue weighted by molar-refractivity contribution is 7.90. The quantitative estimate of drug-likeness (QED) is 0.728. The van der Waals surface area contributed by atoms with E-state index in [1.807, 2.05) is 19.1 Å². The van der Waals surface area contributed by atoms with Gasteiger partial charge in [0.1, 0.15) is 12.1 Å². The molecule has 0 saturated heterocycles. The highest BCUT2D eigenvalue weighted by Crippen LogP contribution is 2.19. The molecular weight excluding hydrogens is 341 g/mol. The van der Waals surface area contributed by atoms with Crippen molar-refractivity contribution >= 4 is 22.8 Å². The maximum Gasteiger partial charge on any atom is 0.276 e. The first-order valence-corrected chi connectivity index (χ1v) is 9.07. The Bertz CT molecular complexity index is 890. The molecule has 3 aromatic rings. The van der Waals surface area contributed by atoms with Crippen molar-refractivity contribution in [3.05, 3.63) is 71.7 Å². The molecule has 25 heavy (non-hydrogen) atoms. The summed E-state index contributed by atoms with van der Waals surface area (Å²) in [6, 6.07) is 14.4. The molecular formula is C18H16FN3O2S. The molecule has 0 radical (unpaired) electrons. The van der Waals surface area contributed by atoms with E-state index in [4.69, 9.17) is 0 Å². The minimum Gasteiger partial charge on any atom is -0.610 e. The van der Waals surface area contributed by atoms with Gasteiger partial charge in [0.2, 0.25) is 5.03 Å². The van der Waals surface area contributed by atoms with Gasteiger partial charge >= 0.3 is 0 Å². The predicted octanol–water partition coefficient (Wildman–Crippen LogP) is 3.31. The average molecular weight is 357 g/mol. The summed E-state index contributed by atoms with van der Waals surface area (Å²) in [5.41, 5.74) is 2.39. The summed E-state index contributed by atoms with van der Waals surface area (Å²) in [5.74, 6) is -0.788. The first-order valence-electron chi connectivity index (χ1n) is 7.51. The van der Waals surface area contributed by atoms with E-state index in [0.717, 1.165) is 5.56 Å². The van der Waals surface area contributed by atoms with E-state index in [1.54, 1.807) is 12.1 Å². The van der Waals surface area contributed by atoms with Crippen LogP contribution in [-0.2, 0) is 11.2 Å². The Labute approximate surface area is 147 Å². The third-order valence-electron chi connectivity index (χ3n) is 3.58. The van der Waals surface area contributed by atoms with Crippen molar-refractivity contribution in [3.63, 3.8) is 0 Å². The summed E-state index contributed by atoms with van der Waals surface area (Å²) in [4.78, 5) is 12.4. The fourth-order valence-corrected chi connectivity index (χ4v) is 2.95. The Morgan fingerprint density at radius 2 is 1.80 bits per heavy atom. The molecule has 1 amide bonds. The zero-order valence-electron chi connectivity index (χ0n) is 13.7. The van der Waals surface area contributed by atoms with E-state index in [-0.39, 0.29) is 11.5 Å². The van der Waals surface area contributed by atoms with Crippen molar-refractivity contribution in [3.8, 4) is 5.69 Å². The van der Waals surface area contributed by atoms with Gasteiger partial charge in [-0.3, -0.25) is 4.79 Å². The molecule has 1 heterocycles. The summed E-state index contributed by atoms with van der Waals surface area (Å²) in [6.45, 7) is 1.96. The second-order valence-corrected chi connectivity index (χ2v) is 6.86. The van der Waals surface area contributed by atoms with Gasteiger partial charge in [-0.2, -0.15) is 9.78 Å². The first-order chi connectivity index (χ1) is 11.9. The molecule has 0 bridgehead atoms. The van der Waals surface area contributed by atoms with E-state index in [2.05, 4.69) is 10.4 Å². The molecule has 5 nitrogen and oxygen atoms in total. The van der Waals surface area contributed by atoms with Crippen LogP contribution in [-0.4, -0.2) is 26.5 Å². The molecule has 0 spiro atoms. The van der Waals surface area contributed by atoms with Gasteiger partial charge in [0.25, 0.3) is 5.91 Å². The predicted molar refractivity (Wildman–Crippen MR) is 95.0 cm³/mol. The number of nitrogens with one attached hydrogen (secondary N) is 1. The molecule has 1 N–H and O–H groups in total. The zero-order valence-corrected chi connectivity index (χ0v) is 14.5. The summed E-state index contributed by atoms with van der Waals surface area (Å²) in [5, 5.41) is 7.35. The lowest BCUT2D eigenvalue weighted by atomic mass is 10.2. The number of nitrogens with zero attached hydrogens (tertiary/aromatic N) is 2. The van der Waals surface area contributed by atoms with Crippen LogP contribution in [0.1, 0.15) is 16.1 Å². The van der Waals surface area contributed by atoms with Crippen LogP contribution in [0.2, 0.25) is 0 Å². The third kappa shape index (κ3) is 3.89. The second-order valence-electron chi connectivity index (χ2n) is 5.53. The summed E-state index contributed by atoms with van der Waals surface area (Å²) >= 11 is -1.36. The van der Waals surface area contributed by atoms with Gasteiger partial charge in [0.15, 0.2) is 5.69 Å². The van der Waals surface area contributed by atoms with Crippen LogP contribution in [0.15, 0.2) is 59.6 Å². The molecule has 0 aliphatic carbocycles. The maximum absolute atomic E-state index is 13.1. The number of anilines is 1. The lowest BCUT2D eigenvalue weighted by Crippen LogP contribution is -2.13. The number of amides is 1. The summed E-state index contributed by atoms with van der Waals surface area (Å²) < 4.78 is 26.5. The number of carbonyl (C=O) groups is 1. The number of benzene rings is 2. The Hall–Kier alpha value is -2.64. The van der Waals surface area contributed by atoms with Crippen LogP contribution in [0.4, 0.5) is 10.1 Å². The third-order valence-corrected chi connectivity index (χ3v) is 4.46. The fraction of sp³-hybridized carbons (Fsp3) is 0.111. The highest BCUT2D eigenvalue weighted by Gasteiger charge is 2.21. The Balaban J connectivity index is 1.91. The van der Waals surface area contributed by atoms with Crippen molar-refractivity contribution in [2.45, 2.75) is 11.9 Å². The molecule has 0 aliphatic rings. The van der Waals surface area contributed by atoms with Gasteiger partial charge in [-0.25, -0.2) is 4.39 Å². The Morgan fingerprint density at radius 3 is 2.40 bits per heavy atom. The van der Waals surface area contributed by atoms with Gasteiger partial charge in [-0.15, -0.1) is 0 Å². The van der Waals surface area contributed by atoms with Gasteiger partial charge in [0, 0.05) is 22.9 Å². The SMILES string of the molecule is Cc1ccc(NC(=O)c2cc([S+](C)[O-])n(-c3ccc(F)cc3)n2)cc1. The normalized spacial score (nSPS) is 12.0. The smallest absolute Gasteiger partial charge is 0.276 e. The summed E-state index contributed by atoms with van der Waals surface area (Å²) in [6.07, 6.45) is 1.50. The van der Waals surface area contributed by atoms with Gasteiger partial charge in [-0.1, -0.05) is 17.7 Å². The average Bonchev–Trinajstić information content (AvgIpc) is 3.03. The lowest BCUT2D eigenvalue weighted by Gasteiger charge is -2.07. The molecule has 128 valence electrons. The van der Waals surface area contributed by atoms with Crippen LogP contribution >= 0.6 is 0 Å². The molecule has 0 fully saturated rings. The van der Waals surface area contributed by atoms with E-state index in [1.165, 1.54) is 41.3 Å². The maximum atomic E-state index is 13.1. The molecule has 0 saturated carbocycles. The van der Waals surface area contributed by atoms with E-state index in [9.17, 15) is 13.7 Å². The number of hydrogen-bond acceptors (Lipinski definition) is 3. The van der Waals surface area contributed by atoms with Crippen molar-refractivity contribution in [1.82, 2.24) is 9.78 Å². The van der Waals surface area contributed by atoms with Crippen molar-refractivity contribution in [1.29, 1.82) is 0 Å². The number of halogens is 1. The number of hydrogen-bond donors (Lipinski definition) is 1. The van der Waals surface area contributed by atoms with Crippen molar-refractivity contribution in [2.24, 2.45) is 0 Å². The summed E-state index contributed by atoms with van der Waals surface area (Å²) in [7, 11) is 0. The number of carbonyl (C=O) groups excluding carboxylic acids is 1. The first kappa shape index (κ1) is 17.2. The minimum absolute atomic E-state index is 0.134. The lowest BCUT2D eigenvalue weighted by molar-refractivity contribution is 0.102. The molecule has 7 heteroatoms. The monoisotopic (exact) mass is 357 g/mol. The largest absolute Gasteiger partial charge is 0.610 e.